The summed E-state index contributed by atoms with van der Waals surface area (Å²) in [6, 6.07) is 27.9. The fourth-order valence-electron chi connectivity index (χ4n) is 5.54. The molecule has 168 valence electrons. The maximum absolute atomic E-state index is 13.8. The lowest BCUT2D eigenvalue weighted by atomic mass is 9.71. The van der Waals surface area contributed by atoms with Crippen LogP contribution in [0, 0.1) is 0 Å². The van der Waals surface area contributed by atoms with E-state index < -0.39 is 0 Å². The molecule has 1 heterocycles. The van der Waals surface area contributed by atoms with Crippen molar-refractivity contribution in [2.45, 2.75) is 24.8 Å². The zero-order valence-electron chi connectivity index (χ0n) is 18.9. The number of phenolic OH excluding ortho intramolecular Hbond substituents is 1. The topological polar surface area (TPSA) is 58.6 Å². The first-order valence-corrected chi connectivity index (χ1v) is 11.6. The summed E-state index contributed by atoms with van der Waals surface area (Å²) in [5.74, 6) is 0.779. The summed E-state index contributed by atoms with van der Waals surface area (Å²) < 4.78 is 5.23. The number of fused-ring (bicyclic) bond motifs is 4. The van der Waals surface area contributed by atoms with Gasteiger partial charge in [-0.15, -0.1) is 0 Å². The van der Waals surface area contributed by atoms with Crippen LogP contribution >= 0.6 is 0 Å². The molecule has 4 aromatic rings. The van der Waals surface area contributed by atoms with Crippen molar-refractivity contribution in [1.29, 1.82) is 0 Å². The molecule has 2 N–H and O–H groups in total. The fourth-order valence-corrected chi connectivity index (χ4v) is 5.54. The van der Waals surface area contributed by atoms with Gasteiger partial charge in [0.2, 0.25) is 0 Å². The minimum atomic E-state index is -0.329. The Morgan fingerprint density at radius 1 is 0.882 bits per heavy atom. The van der Waals surface area contributed by atoms with E-state index in [1.165, 1.54) is 12.7 Å². The molecule has 6 rings (SSSR count). The average molecular weight is 448 g/mol. The molecule has 1 aliphatic carbocycles. The third kappa shape index (κ3) is 3.26. The highest BCUT2D eigenvalue weighted by Gasteiger charge is 2.38. The Labute approximate surface area is 198 Å². The molecular formula is C30H25NO3. The summed E-state index contributed by atoms with van der Waals surface area (Å²) in [5.41, 5.74) is 6.09. The molecule has 0 saturated heterocycles. The van der Waals surface area contributed by atoms with Crippen molar-refractivity contribution in [3.63, 3.8) is 0 Å². The van der Waals surface area contributed by atoms with E-state index in [0.717, 1.165) is 45.2 Å². The monoisotopic (exact) mass is 447 g/mol. The molecule has 34 heavy (non-hydrogen) atoms. The number of benzene rings is 4. The number of allylic oxidation sites excluding steroid dienone is 1. The molecule has 0 spiro atoms. The molecule has 4 aromatic carbocycles. The molecule has 4 heteroatoms. The highest BCUT2D eigenvalue weighted by molar-refractivity contribution is 6.13. The van der Waals surface area contributed by atoms with Crippen molar-refractivity contribution in [2.75, 3.05) is 12.4 Å². The van der Waals surface area contributed by atoms with Crippen LogP contribution in [0.15, 0.2) is 90.5 Å². The van der Waals surface area contributed by atoms with Gasteiger partial charge in [0.1, 0.15) is 0 Å². The van der Waals surface area contributed by atoms with Crippen LogP contribution in [0.2, 0.25) is 0 Å². The van der Waals surface area contributed by atoms with Crippen molar-refractivity contribution < 1.29 is 14.6 Å². The molecule has 0 fully saturated rings. The first-order chi connectivity index (χ1) is 16.6. The van der Waals surface area contributed by atoms with E-state index in [2.05, 4.69) is 47.8 Å². The second-order valence-corrected chi connectivity index (χ2v) is 9.05. The van der Waals surface area contributed by atoms with Gasteiger partial charge < -0.3 is 15.2 Å². The summed E-state index contributed by atoms with van der Waals surface area (Å²) >= 11 is 0. The molecule has 4 nitrogen and oxygen atoms in total. The number of rotatable bonds is 3. The van der Waals surface area contributed by atoms with Crippen molar-refractivity contribution in [3.8, 4) is 11.5 Å². The molecule has 2 unspecified atom stereocenters. The normalized spacial score (nSPS) is 19.4. The number of Topliss-reactive ketones (excluding diaryl/α,β-unsaturated/α-hetero) is 1. The molecule has 0 aromatic heterocycles. The predicted octanol–water partition coefficient (Wildman–Crippen LogP) is 6.62. The number of hydrogen-bond acceptors (Lipinski definition) is 4. The summed E-state index contributed by atoms with van der Waals surface area (Å²) in [6.07, 6.45) is 1.27. The summed E-state index contributed by atoms with van der Waals surface area (Å²) in [4.78, 5) is 13.8. The quantitative estimate of drug-likeness (QED) is 0.370. The van der Waals surface area contributed by atoms with Gasteiger partial charge in [-0.05, 0) is 58.0 Å². The third-order valence-corrected chi connectivity index (χ3v) is 7.13. The van der Waals surface area contributed by atoms with Gasteiger partial charge in [0.15, 0.2) is 17.3 Å². The minimum absolute atomic E-state index is 0.0682. The number of nitrogens with one attached hydrogen (secondary N) is 1. The zero-order chi connectivity index (χ0) is 23.2. The molecule has 0 radical (unpaired) electrons. The summed E-state index contributed by atoms with van der Waals surface area (Å²) in [7, 11) is 1.53. The van der Waals surface area contributed by atoms with Crippen molar-refractivity contribution in [1.82, 2.24) is 0 Å². The minimum Gasteiger partial charge on any atom is -0.504 e. The molecule has 0 amide bonds. The van der Waals surface area contributed by atoms with Gasteiger partial charge in [-0.2, -0.15) is 0 Å². The number of aromatic hydroxyl groups is 1. The Hall–Kier alpha value is -4.05. The van der Waals surface area contributed by atoms with E-state index in [4.69, 9.17) is 4.74 Å². The zero-order valence-corrected chi connectivity index (χ0v) is 18.9. The second kappa shape index (κ2) is 8.07. The number of ketones is 1. The van der Waals surface area contributed by atoms with Crippen LogP contribution in [0.3, 0.4) is 0 Å². The Morgan fingerprint density at radius 2 is 1.68 bits per heavy atom. The van der Waals surface area contributed by atoms with Crippen LogP contribution in [0.1, 0.15) is 41.5 Å². The van der Waals surface area contributed by atoms with Gasteiger partial charge in [0.25, 0.3) is 0 Å². The highest BCUT2D eigenvalue weighted by Crippen LogP contribution is 2.51. The molecule has 0 saturated carbocycles. The van der Waals surface area contributed by atoms with Crippen LogP contribution in [-0.2, 0) is 4.79 Å². The average Bonchev–Trinajstić information content (AvgIpc) is 2.88. The van der Waals surface area contributed by atoms with Crippen molar-refractivity contribution in [2.24, 2.45) is 0 Å². The standard InChI is InChI=1S/C30H25NO3/c1-34-27-14-12-20(16-25(27)32)30-29-23(15-21(17-26(29)33)18-7-3-2-4-8-18)28-22-10-6-5-9-19(22)11-13-24(28)31-30/h2-14,16,21,30-32H,15,17H2,1H3. The van der Waals surface area contributed by atoms with Crippen LogP contribution in [-0.4, -0.2) is 18.0 Å². The van der Waals surface area contributed by atoms with Gasteiger partial charge in [-0.1, -0.05) is 66.7 Å². The maximum Gasteiger partial charge on any atom is 0.162 e. The third-order valence-electron chi connectivity index (χ3n) is 7.13. The lowest BCUT2D eigenvalue weighted by Gasteiger charge is -2.37. The van der Waals surface area contributed by atoms with E-state index in [0.29, 0.717) is 12.2 Å². The number of ether oxygens (including phenoxy) is 1. The SMILES string of the molecule is COc1ccc(C2Nc3ccc4ccccc4c3C3=C2C(=O)CC(c2ccccc2)C3)cc1O. The summed E-state index contributed by atoms with van der Waals surface area (Å²) in [6.45, 7) is 0. The smallest absolute Gasteiger partial charge is 0.162 e. The number of carbonyl (C=O) groups is 1. The van der Waals surface area contributed by atoms with E-state index in [9.17, 15) is 9.90 Å². The largest absolute Gasteiger partial charge is 0.504 e. The van der Waals surface area contributed by atoms with Crippen LogP contribution in [0.25, 0.3) is 16.3 Å². The lowest BCUT2D eigenvalue weighted by Crippen LogP contribution is -2.29. The maximum atomic E-state index is 13.8. The van der Waals surface area contributed by atoms with Crippen LogP contribution < -0.4 is 10.1 Å². The van der Waals surface area contributed by atoms with Gasteiger partial charge in [-0.25, -0.2) is 0 Å². The highest BCUT2D eigenvalue weighted by atomic mass is 16.5. The number of anilines is 1. The van der Waals surface area contributed by atoms with Crippen molar-refractivity contribution >= 4 is 27.8 Å². The molecule has 2 atom stereocenters. The lowest BCUT2D eigenvalue weighted by molar-refractivity contribution is -0.116. The van der Waals surface area contributed by atoms with E-state index >= 15 is 0 Å². The van der Waals surface area contributed by atoms with Crippen LogP contribution in [0.4, 0.5) is 5.69 Å². The van der Waals surface area contributed by atoms with Gasteiger partial charge in [0.05, 0.1) is 13.2 Å². The Bertz CT molecular complexity index is 1450. The van der Waals surface area contributed by atoms with Gasteiger partial charge >= 0.3 is 0 Å². The number of hydrogen-bond donors (Lipinski definition) is 2. The Kier molecular flexibility index (Phi) is 4.88. The number of phenols is 1. The molecule has 1 aliphatic heterocycles. The fraction of sp³-hybridized carbons (Fsp3) is 0.167. The Morgan fingerprint density at radius 3 is 2.47 bits per heavy atom. The van der Waals surface area contributed by atoms with Crippen LogP contribution in [0.5, 0.6) is 11.5 Å². The van der Waals surface area contributed by atoms with E-state index in [1.807, 2.05) is 30.3 Å². The first kappa shape index (κ1) is 20.5. The van der Waals surface area contributed by atoms with Gasteiger partial charge in [0, 0.05) is 23.2 Å². The van der Waals surface area contributed by atoms with Crippen molar-refractivity contribution in [3.05, 3.63) is 107 Å². The molecular weight excluding hydrogens is 422 g/mol. The number of methoxy groups -OCH3 is 1. The second-order valence-electron chi connectivity index (χ2n) is 9.05. The number of carbonyl (C=O) groups excluding carboxylic acids is 1. The Balaban J connectivity index is 1.56. The predicted molar refractivity (Wildman–Crippen MR) is 135 cm³/mol. The van der Waals surface area contributed by atoms with Gasteiger partial charge in [-0.3, -0.25) is 4.79 Å². The van der Waals surface area contributed by atoms with E-state index in [1.54, 1.807) is 12.1 Å². The summed E-state index contributed by atoms with van der Waals surface area (Å²) in [5, 5.41) is 16.4. The molecule has 2 aliphatic rings. The first-order valence-electron chi connectivity index (χ1n) is 11.6. The molecule has 0 bridgehead atoms. The van der Waals surface area contributed by atoms with E-state index in [-0.39, 0.29) is 23.5 Å².